The number of ether oxygens (including phenoxy) is 1. The maximum atomic E-state index is 5.88. The van der Waals surface area contributed by atoms with Gasteiger partial charge in [0.15, 0.2) is 0 Å². The highest BCUT2D eigenvalue weighted by Gasteiger charge is 2.09. The fraction of sp³-hybridized carbons (Fsp3) is 0.0500. The van der Waals surface area contributed by atoms with Crippen molar-refractivity contribution in [1.29, 1.82) is 0 Å². The van der Waals surface area contributed by atoms with E-state index in [2.05, 4.69) is 11.1 Å². The van der Waals surface area contributed by atoms with E-state index in [1.807, 2.05) is 66.7 Å². The Bertz CT molecular complexity index is 853. The zero-order chi connectivity index (χ0) is 16.9. The fourth-order valence-electron chi connectivity index (χ4n) is 2.57. The van der Waals surface area contributed by atoms with E-state index in [1.54, 1.807) is 7.11 Å². The minimum atomic E-state index is 0.395. The highest BCUT2D eigenvalue weighted by Crippen LogP contribution is 2.30. The van der Waals surface area contributed by atoms with Crippen LogP contribution in [0.4, 0.5) is 11.6 Å². The molecule has 0 unspecified atom stereocenters. The number of rotatable bonds is 4. The normalized spacial score (nSPS) is 11.3. The number of methoxy groups -OCH3 is 1. The van der Waals surface area contributed by atoms with Crippen molar-refractivity contribution >= 4 is 23.3 Å². The van der Waals surface area contributed by atoms with Crippen molar-refractivity contribution in [3.63, 3.8) is 0 Å². The molecule has 0 bridgehead atoms. The first kappa shape index (κ1) is 15.6. The SMILES string of the molecule is COc1cccc(C(=Cc2ccccc2)c2cc(N)nc(N)c2)c1. The van der Waals surface area contributed by atoms with Gasteiger partial charge < -0.3 is 16.2 Å². The van der Waals surface area contributed by atoms with Crippen LogP contribution in [0, 0.1) is 0 Å². The summed E-state index contributed by atoms with van der Waals surface area (Å²) in [4.78, 5) is 4.05. The van der Waals surface area contributed by atoms with E-state index in [9.17, 15) is 0 Å². The Morgan fingerprint density at radius 2 is 1.58 bits per heavy atom. The van der Waals surface area contributed by atoms with Gasteiger partial charge in [-0.05, 0) is 52.6 Å². The minimum Gasteiger partial charge on any atom is -0.497 e. The molecule has 24 heavy (non-hydrogen) atoms. The number of hydrogen-bond acceptors (Lipinski definition) is 4. The first-order valence-electron chi connectivity index (χ1n) is 7.60. The molecule has 0 atom stereocenters. The zero-order valence-electron chi connectivity index (χ0n) is 13.4. The average Bonchev–Trinajstić information content (AvgIpc) is 2.60. The van der Waals surface area contributed by atoms with E-state index in [4.69, 9.17) is 16.2 Å². The van der Waals surface area contributed by atoms with Gasteiger partial charge in [-0.2, -0.15) is 0 Å². The lowest BCUT2D eigenvalue weighted by Crippen LogP contribution is -1.99. The van der Waals surface area contributed by atoms with E-state index < -0.39 is 0 Å². The molecule has 0 radical (unpaired) electrons. The Morgan fingerprint density at radius 3 is 2.25 bits per heavy atom. The van der Waals surface area contributed by atoms with Gasteiger partial charge in [0, 0.05) is 0 Å². The third-order valence-corrected chi connectivity index (χ3v) is 3.67. The Kier molecular flexibility index (Phi) is 4.47. The van der Waals surface area contributed by atoms with Gasteiger partial charge in [-0.1, -0.05) is 42.5 Å². The molecule has 1 aromatic heterocycles. The van der Waals surface area contributed by atoms with Crippen molar-refractivity contribution < 1.29 is 4.74 Å². The molecule has 3 aromatic rings. The van der Waals surface area contributed by atoms with Crippen LogP contribution in [0.15, 0.2) is 66.7 Å². The van der Waals surface area contributed by atoms with E-state index in [-0.39, 0.29) is 0 Å². The number of pyridine rings is 1. The van der Waals surface area contributed by atoms with Gasteiger partial charge in [-0.25, -0.2) is 4.98 Å². The third-order valence-electron chi connectivity index (χ3n) is 3.67. The van der Waals surface area contributed by atoms with Crippen LogP contribution >= 0.6 is 0 Å². The molecule has 120 valence electrons. The summed E-state index contributed by atoms with van der Waals surface area (Å²) < 4.78 is 5.35. The molecule has 0 amide bonds. The van der Waals surface area contributed by atoms with Crippen LogP contribution in [0.1, 0.15) is 16.7 Å². The molecule has 1 heterocycles. The van der Waals surface area contributed by atoms with E-state index in [1.165, 1.54) is 0 Å². The molecule has 0 saturated heterocycles. The fourth-order valence-corrected chi connectivity index (χ4v) is 2.57. The highest BCUT2D eigenvalue weighted by molar-refractivity contribution is 5.92. The number of aromatic nitrogens is 1. The summed E-state index contributed by atoms with van der Waals surface area (Å²) in [6, 6.07) is 21.6. The van der Waals surface area contributed by atoms with Crippen molar-refractivity contribution in [3.05, 3.63) is 83.4 Å². The number of nitrogens with two attached hydrogens (primary N) is 2. The van der Waals surface area contributed by atoms with Crippen LogP contribution < -0.4 is 16.2 Å². The summed E-state index contributed by atoms with van der Waals surface area (Å²) in [5.74, 6) is 1.58. The molecule has 2 aromatic carbocycles. The predicted octanol–water partition coefficient (Wildman–Crippen LogP) is 3.84. The Hall–Kier alpha value is -3.27. The Balaban J connectivity index is 2.18. The van der Waals surface area contributed by atoms with Gasteiger partial charge in [-0.15, -0.1) is 0 Å². The standard InChI is InChI=1S/C20H19N3O/c1-24-17-9-5-8-15(11-17)18(10-14-6-3-2-4-7-14)16-12-19(21)23-20(22)13-16/h2-13H,1H3,(H4,21,22,23). The quantitative estimate of drug-likeness (QED) is 0.717. The molecule has 0 aliphatic rings. The summed E-state index contributed by atoms with van der Waals surface area (Å²) in [5, 5.41) is 0. The van der Waals surface area contributed by atoms with Gasteiger partial charge in [-0.3, -0.25) is 0 Å². The van der Waals surface area contributed by atoms with E-state index in [0.29, 0.717) is 11.6 Å². The van der Waals surface area contributed by atoms with Crippen LogP contribution in [0.5, 0.6) is 5.75 Å². The first-order valence-corrected chi connectivity index (χ1v) is 7.60. The number of nitrogen functional groups attached to an aromatic ring is 2. The average molecular weight is 317 g/mol. The minimum absolute atomic E-state index is 0.395. The molecule has 4 N–H and O–H groups in total. The predicted molar refractivity (Wildman–Crippen MR) is 99.5 cm³/mol. The van der Waals surface area contributed by atoms with Gasteiger partial charge in [0.05, 0.1) is 7.11 Å². The smallest absolute Gasteiger partial charge is 0.126 e. The molecule has 4 nitrogen and oxygen atoms in total. The van der Waals surface area contributed by atoms with Crippen LogP contribution in [0.2, 0.25) is 0 Å². The van der Waals surface area contributed by atoms with Gasteiger partial charge in [0.1, 0.15) is 17.4 Å². The number of benzene rings is 2. The largest absolute Gasteiger partial charge is 0.497 e. The lowest BCUT2D eigenvalue weighted by molar-refractivity contribution is 0.414. The molecule has 4 heteroatoms. The molecule has 0 spiro atoms. The van der Waals surface area contributed by atoms with Gasteiger partial charge in [0.2, 0.25) is 0 Å². The number of nitrogens with zero attached hydrogens (tertiary/aromatic N) is 1. The van der Waals surface area contributed by atoms with Crippen molar-refractivity contribution in [1.82, 2.24) is 4.98 Å². The summed E-state index contributed by atoms with van der Waals surface area (Å²) >= 11 is 0. The van der Waals surface area contributed by atoms with Crippen LogP contribution in [-0.4, -0.2) is 12.1 Å². The Labute approximate surface area is 141 Å². The summed E-state index contributed by atoms with van der Waals surface area (Å²) in [5.41, 5.74) is 15.8. The molecular weight excluding hydrogens is 298 g/mol. The molecular formula is C20H19N3O. The lowest BCUT2D eigenvalue weighted by Gasteiger charge is -2.12. The van der Waals surface area contributed by atoms with E-state index >= 15 is 0 Å². The van der Waals surface area contributed by atoms with Crippen LogP contribution in [0.25, 0.3) is 11.6 Å². The zero-order valence-corrected chi connectivity index (χ0v) is 13.4. The number of anilines is 2. The lowest BCUT2D eigenvalue weighted by atomic mass is 9.96. The monoisotopic (exact) mass is 317 g/mol. The second-order valence-corrected chi connectivity index (χ2v) is 5.41. The van der Waals surface area contributed by atoms with Crippen molar-refractivity contribution in [2.75, 3.05) is 18.6 Å². The molecule has 3 rings (SSSR count). The van der Waals surface area contributed by atoms with Crippen molar-refractivity contribution in [2.24, 2.45) is 0 Å². The summed E-state index contributed by atoms with van der Waals surface area (Å²) in [6.45, 7) is 0. The second kappa shape index (κ2) is 6.87. The summed E-state index contributed by atoms with van der Waals surface area (Å²) in [7, 11) is 1.65. The van der Waals surface area contributed by atoms with E-state index in [0.717, 1.165) is 28.0 Å². The number of hydrogen-bond donors (Lipinski definition) is 2. The Morgan fingerprint density at radius 1 is 0.875 bits per heavy atom. The van der Waals surface area contributed by atoms with Gasteiger partial charge >= 0.3 is 0 Å². The van der Waals surface area contributed by atoms with Crippen molar-refractivity contribution in [3.8, 4) is 5.75 Å². The first-order chi connectivity index (χ1) is 11.7. The summed E-state index contributed by atoms with van der Waals surface area (Å²) in [6.07, 6.45) is 2.10. The molecule has 0 aliphatic carbocycles. The third kappa shape index (κ3) is 3.55. The molecule has 0 aliphatic heterocycles. The second-order valence-electron chi connectivity index (χ2n) is 5.41. The maximum absolute atomic E-state index is 5.88. The maximum Gasteiger partial charge on any atom is 0.126 e. The van der Waals surface area contributed by atoms with Crippen molar-refractivity contribution in [2.45, 2.75) is 0 Å². The van der Waals surface area contributed by atoms with Gasteiger partial charge in [0.25, 0.3) is 0 Å². The topological polar surface area (TPSA) is 74.2 Å². The highest BCUT2D eigenvalue weighted by atomic mass is 16.5. The van der Waals surface area contributed by atoms with Crippen LogP contribution in [-0.2, 0) is 0 Å². The molecule has 0 fully saturated rings. The van der Waals surface area contributed by atoms with Crippen LogP contribution in [0.3, 0.4) is 0 Å². The molecule has 0 saturated carbocycles.